The minimum atomic E-state index is -0.0770. The van der Waals surface area contributed by atoms with Gasteiger partial charge in [0.25, 0.3) is 0 Å². The molecule has 160 valence electrons. The fourth-order valence-corrected chi connectivity index (χ4v) is 3.66. The molecule has 4 rings (SSSR count). The van der Waals surface area contributed by atoms with E-state index in [4.69, 9.17) is 16.1 Å². The number of likely N-dealkylation sites (tertiary alicyclic amines) is 1. The van der Waals surface area contributed by atoms with Crippen molar-refractivity contribution < 1.29 is 14.1 Å². The number of amides is 2. The summed E-state index contributed by atoms with van der Waals surface area (Å²) in [6.45, 7) is 1.38. The molecule has 0 bridgehead atoms. The first-order valence-electron chi connectivity index (χ1n) is 10.3. The minimum absolute atomic E-state index is 0.0770. The van der Waals surface area contributed by atoms with E-state index in [-0.39, 0.29) is 11.8 Å². The van der Waals surface area contributed by atoms with Gasteiger partial charge in [-0.25, -0.2) is 0 Å². The van der Waals surface area contributed by atoms with Gasteiger partial charge in [0.1, 0.15) is 0 Å². The molecule has 0 atom stereocenters. The van der Waals surface area contributed by atoms with E-state index >= 15 is 0 Å². The highest BCUT2D eigenvalue weighted by molar-refractivity contribution is 6.30. The Balaban J connectivity index is 1.25. The number of carbonyl (C=O) groups is 2. The minimum Gasteiger partial charge on any atom is -0.339 e. The number of nitrogens with one attached hydrogen (secondary N) is 1. The molecule has 1 aliphatic rings. The predicted octanol–water partition coefficient (Wildman–Crippen LogP) is 4.47. The molecule has 1 N–H and O–H groups in total. The summed E-state index contributed by atoms with van der Waals surface area (Å²) >= 11 is 5.90. The summed E-state index contributed by atoms with van der Waals surface area (Å²) in [7, 11) is 0. The van der Waals surface area contributed by atoms with Crippen molar-refractivity contribution in [3.05, 3.63) is 65.0 Å². The molecule has 2 aromatic carbocycles. The first kappa shape index (κ1) is 21.1. The van der Waals surface area contributed by atoms with Crippen molar-refractivity contribution in [2.24, 2.45) is 0 Å². The first-order valence-corrected chi connectivity index (χ1v) is 10.7. The standard InChI is InChI=1S/C23H23ClN4O3/c24-18-11-9-17(10-12-18)23-26-21(31-27-23)7-2-6-20(29)25-19-5-1-4-16(14-19)15-28-13-3-8-22(28)30/h1,4-5,9-12,14H,2-3,6-8,13,15H2,(H,25,29). The van der Waals surface area contributed by atoms with Crippen molar-refractivity contribution in [3.63, 3.8) is 0 Å². The van der Waals surface area contributed by atoms with Gasteiger partial charge in [0.05, 0.1) is 0 Å². The number of nitrogens with zero attached hydrogens (tertiary/aromatic N) is 3. The number of halogens is 1. The Hall–Kier alpha value is -3.19. The Morgan fingerprint density at radius 1 is 1.19 bits per heavy atom. The van der Waals surface area contributed by atoms with Crippen molar-refractivity contribution in [1.29, 1.82) is 0 Å². The van der Waals surface area contributed by atoms with Crippen LogP contribution in [0.4, 0.5) is 5.69 Å². The van der Waals surface area contributed by atoms with Gasteiger partial charge in [-0.2, -0.15) is 4.98 Å². The smallest absolute Gasteiger partial charge is 0.226 e. The van der Waals surface area contributed by atoms with Crippen LogP contribution in [0.1, 0.15) is 37.1 Å². The Bertz CT molecular complexity index is 1060. The predicted molar refractivity (Wildman–Crippen MR) is 117 cm³/mol. The molecular weight excluding hydrogens is 416 g/mol. The van der Waals surface area contributed by atoms with E-state index in [1.807, 2.05) is 41.3 Å². The number of hydrogen-bond donors (Lipinski definition) is 1. The van der Waals surface area contributed by atoms with Crippen molar-refractivity contribution in [2.75, 3.05) is 11.9 Å². The number of aromatic nitrogens is 2. The molecular formula is C23H23ClN4O3. The Kier molecular flexibility index (Phi) is 6.62. The number of aryl methyl sites for hydroxylation is 1. The molecule has 1 aromatic heterocycles. The third kappa shape index (κ3) is 5.70. The highest BCUT2D eigenvalue weighted by atomic mass is 35.5. The zero-order valence-corrected chi connectivity index (χ0v) is 17.8. The highest BCUT2D eigenvalue weighted by Crippen LogP contribution is 2.20. The number of benzene rings is 2. The Labute approximate surface area is 185 Å². The average Bonchev–Trinajstić information content (AvgIpc) is 3.38. The number of hydrogen-bond acceptors (Lipinski definition) is 5. The van der Waals surface area contributed by atoms with Gasteiger partial charge < -0.3 is 14.7 Å². The highest BCUT2D eigenvalue weighted by Gasteiger charge is 2.20. The normalized spacial score (nSPS) is 13.6. The van der Waals surface area contributed by atoms with Crippen LogP contribution in [-0.2, 0) is 22.6 Å². The van der Waals surface area contributed by atoms with Crippen molar-refractivity contribution >= 4 is 29.1 Å². The molecule has 1 aliphatic heterocycles. The van der Waals surface area contributed by atoms with Crippen LogP contribution in [-0.4, -0.2) is 33.4 Å². The topological polar surface area (TPSA) is 88.3 Å². The van der Waals surface area contributed by atoms with E-state index in [1.54, 1.807) is 12.1 Å². The van der Waals surface area contributed by atoms with E-state index in [1.165, 1.54) is 0 Å². The van der Waals surface area contributed by atoms with Gasteiger partial charge in [0.2, 0.25) is 23.5 Å². The van der Waals surface area contributed by atoms with Gasteiger partial charge in [-0.15, -0.1) is 0 Å². The summed E-state index contributed by atoms with van der Waals surface area (Å²) in [5, 5.41) is 7.55. The monoisotopic (exact) mass is 438 g/mol. The van der Waals surface area contributed by atoms with Crippen LogP contribution in [0, 0.1) is 0 Å². The van der Waals surface area contributed by atoms with Crippen LogP contribution in [0.3, 0.4) is 0 Å². The maximum Gasteiger partial charge on any atom is 0.226 e. The number of rotatable bonds is 8. The molecule has 2 heterocycles. The maximum absolute atomic E-state index is 12.3. The molecule has 7 nitrogen and oxygen atoms in total. The fraction of sp³-hybridized carbons (Fsp3) is 0.304. The van der Waals surface area contributed by atoms with E-state index in [9.17, 15) is 9.59 Å². The van der Waals surface area contributed by atoms with Gasteiger partial charge in [-0.1, -0.05) is 28.9 Å². The largest absolute Gasteiger partial charge is 0.339 e. The molecule has 2 amide bonds. The van der Waals surface area contributed by atoms with E-state index < -0.39 is 0 Å². The van der Waals surface area contributed by atoms with Gasteiger partial charge >= 0.3 is 0 Å². The molecule has 3 aromatic rings. The third-order valence-corrected chi connectivity index (χ3v) is 5.37. The molecule has 0 spiro atoms. The SMILES string of the molecule is O=C(CCCc1nc(-c2ccc(Cl)cc2)no1)Nc1cccc(CN2CCCC2=O)c1. The average molecular weight is 439 g/mol. The van der Waals surface area contributed by atoms with Gasteiger partial charge in [0, 0.05) is 48.6 Å². The Morgan fingerprint density at radius 3 is 2.81 bits per heavy atom. The summed E-state index contributed by atoms with van der Waals surface area (Å²) in [6.07, 6.45) is 2.99. The Morgan fingerprint density at radius 2 is 2.03 bits per heavy atom. The number of carbonyl (C=O) groups excluding carboxylic acids is 2. The zero-order chi connectivity index (χ0) is 21.6. The quantitative estimate of drug-likeness (QED) is 0.560. The van der Waals surface area contributed by atoms with Crippen LogP contribution < -0.4 is 5.32 Å². The summed E-state index contributed by atoms with van der Waals surface area (Å²) < 4.78 is 5.28. The van der Waals surface area contributed by atoms with Crippen molar-refractivity contribution in [3.8, 4) is 11.4 Å². The molecule has 0 unspecified atom stereocenters. The van der Waals surface area contributed by atoms with Crippen molar-refractivity contribution in [1.82, 2.24) is 15.0 Å². The lowest BCUT2D eigenvalue weighted by Crippen LogP contribution is -2.23. The van der Waals surface area contributed by atoms with Crippen LogP contribution in [0.25, 0.3) is 11.4 Å². The van der Waals surface area contributed by atoms with Crippen molar-refractivity contribution in [2.45, 2.75) is 38.6 Å². The summed E-state index contributed by atoms with van der Waals surface area (Å²) in [5.74, 6) is 1.11. The molecule has 0 aliphatic carbocycles. The molecule has 0 radical (unpaired) electrons. The van der Waals surface area contributed by atoms with E-state index in [0.717, 1.165) is 29.8 Å². The second-order valence-corrected chi connectivity index (χ2v) is 7.98. The summed E-state index contributed by atoms with van der Waals surface area (Å²) in [6, 6.07) is 14.8. The van der Waals surface area contributed by atoms with Crippen LogP contribution >= 0.6 is 11.6 Å². The van der Waals surface area contributed by atoms with Crippen LogP contribution in [0.15, 0.2) is 53.1 Å². The molecule has 8 heteroatoms. The van der Waals surface area contributed by atoms with Crippen LogP contribution in [0.5, 0.6) is 0 Å². The van der Waals surface area contributed by atoms with Gasteiger partial charge in [-0.3, -0.25) is 9.59 Å². The van der Waals surface area contributed by atoms with E-state index in [2.05, 4.69) is 15.5 Å². The lowest BCUT2D eigenvalue weighted by molar-refractivity contribution is -0.128. The number of anilines is 1. The second kappa shape index (κ2) is 9.75. The zero-order valence-electron chi connectivity index (χ0n) is 17.0. The first-order chi connectivity index (χ1) is 15.1. The summed E-state index contributed by atoms with van der Waals surface area (Å²) in [5.41, 5.74) is 2.57. The molecule has 0 saturated carbocycles. The fourth-order valence-electron chi connectivity index (χ4n) is 3.54. The van der Waals surface area contributed by atoms with Gasteiger partial charge in [-0.05, 0) is 54.8 Å². The molecule has 31 heavy (non-hydrogen) atoms. The lowest BCUT2D eigenvalue weighted by atomic mass is 10.1. The van der Waals surface area contributed by atoms with Crippen LogP contribution in [0.2, 0.25) is 5.02 Å². The molecule has 1 fully saturated rings. The third-order valence-electron chi connectivity index (χ3n) is 5.12. The summed E-state index contributed by atoms with van der Waals surface area (Å²) in [4.78, 5) is 30.3. The maximum atomic E-state index is 12.3. The second-order valence-electron chi connectivity index (χ2n) is 7.54. The van der Waals surface area contributed by atoms with E-state index in [0.29, 0.717) is 49.0 Å². The molecule has 1 saturated heterocycles. The van der Waals surface area contributed by atoms with Gasteiger partial charge in [0.15, 0.2) is 0 Å². The lowest BCUT2D eigenvalue weighted by Gasteiger charge is -2.16.